The van der Waals surface area contributed by atoms with Gasteiger partial charge in [-0.05, 0) is 42.5 Å². The van der Waals surface area contributed by atoms with Crippen LogP contribution in [0.1, 0.15) is 0 Å². The molecule has 0 radical (unpaired) electrons. The fourth-order valence-electron chi connectivity index (χ4n) is 3.82. The molecule has 0 amide bonds. The highest BCUT2D eigenvalue weighted by atomic mass is 19.1. The summed E-state index contributed by atoms with van der Waals surface area (Å²) in [6.07, 6.45) is 5.11. The van der Waals surface area contributed by atoms with E-state index in [1.165, 1.54) is 19.2 Å². The summed E-state index contributed by atoms with van der Waals surface area (Å²) in [4.78, 5) is 21.4. The molecular formula is C24H16FN7O. The summed E-state index contributed by atoms with van der Waals surface area (Å²) >= 11 is 0. The van der Waals surface area contributed by atoms with Crippen molar-refractivity contribution < 1.29 is 9.13 Å². The van der Waals surface area contributed by atoms with Crippen LogP contribution in [0.5, 0.6) is 5.75 Å². The van der Waals surface area contributed by atoms with Gasteiger partial charge in [0, 0.05) is 35.8 Å². The van der Waals surface area contributed by atoms with E-state index in [0.717, 1.165) is 22.3 Å². The van der Waals surface area contributed by atoms with Crippen molar-refractivity contribution in [3.8, 4) is 39.8 Å². The van der Waals surface area contributed by atoms with E-state index in [0.29, 0.717) is 39.6 Å². The second-order valence-electron chi connectivity index (χ2n) is 7.42. The Labute approximate surface area is 186 Å². The average molecular weight is 437 g/mol. The highest BCUT2D eigenvalue weighted by Crippen LogP contribution is 2.32. The molecule has 5 aromatic heterocycles. The van der Waals surface area contributed by atoms with Crippen molar-refractivity contribution >= 4 is 22.1 Å². The zero-order chi connectivity index (χ0) is 22.4. The maximum absolute atomic E-state index is 14.1. The van der Waals surface area contributed by atoms with Crippen LogP contribution >= 0.6 is 0 Å². The molecule has 0 bridgehead atoms. The van der Waals surface area contributed by atoms with Crippen LogP contribution in [0.3, 0.4) is 0 Å². The molecule has 0 aliphatic carbocycles. The lowest BCUT2D eigenvalue weighted by Crippen LogP contribution is -1.90. The number of fused-ring (bicyclic) bond motifs is 2. The molecule has 33 heavy (non-hydrogen) atoms. The van der Waals surface area contributed by atoms with E-state index < -0.39 is 5.82 Å². The highest BCUT2D eigenvalue weighted by Gasteiger charge is 2.18. The number of aromatic amines is 2. The minimum atomic E-state index is -0.412. The van der Waals surface area contributed by atoms with Crippen molar-refractivity contribution in [2.24, 2.45) is 0 Å². The number of hydrogen-bond donors (Lipinski definition) is 2. The summed E-state index contributed by atoms with van der Waals surface area (Å²) < 4.78 is 19.3. The lowest BCUT2D eigenvalue weighted by molar-refractivity contribution is 0.411. The summed E-state index contributed by atoms with van der Waals surface area (Å²) in [7, 11) is 1.50. The molecule has 0 atom stereocenters. The third kappa shape index (κ3) is 3.26. The first-order valence-electron chi connectivity index (χ1n) is 10.1. The molecular weight excluding hydrogens is 421 g/mol. The molecule has 1 aromatic carbocycles. The van der Waals surface area contributed by atoms with Crippen LogP contribution < -0.4 is 4.74 Å². The lowest BCUT2D eigenvalue weighted by Gasteiger charge is -2.05. The third-order valence-electron chi connectivity index (χ3n) is 5.39. The quantitative estimate of drug-likeness (QED) is 0.411. The Hall–Kier alpha value is -4.66. The van der Waals surface area contributed by atoms with Crippen molar-refractivity contribution in [2.75, 3.05) is 7.11 Å². The number of pyridine rings is 3. The average Bonchev–Trinajstić information content (AvgIpc) is 3.47. The predicted octanol–water partition coefficient (Wildman–Crippen LogP) is 4.77. The van der Waals surface area contributed by atoms with E-state index in [-0.39, 0.29) is 0 Å². The Morgan fingerprint density at radius 3 is 2.52 bits per heavy atom. The van der Waals surface area contributed by atoms with Gasteiger partial charge in [-0.2, -0.15) is 5.10 Å². The lowest BCUT2D eigenvalue weighted by atomic mass is 10.1. The Morgan fingerprint density at radius 1 is 0.818 bits per heavy atom. The Balaban J connectivity index is 1.50. The number of rotatable bonds is 4. The van der Waals surface area contributed by atoms with Gasteiger partial charge in [-0.3, -0.25) is 15.1 Å². The van der Waals surface area contributed by atoms with Gasteiger partial charge in [-0.1, -0.05) is 0 Å². The number of benzene rings is 1. The van der Waals surface area contributed by atoms with Gasteiger partial charge in [0.15, 0.2) is 11.5 Å². The minimum absolute atomic E-state index is 0.408. The van der Waals surface area contributed by atoms with Crippen LogP contribution in [0.15, 0.2) is 67.1 Å². The zero-order valence-electron chi connectivity index (χ0n) is 17.4. The van der Waals surface area contributed by atoms with Crippen molar-refractivity contribution in [3.05, 3.63) is 72.9 Å². The Kier molecular flexibility index (Phi) is 4.32. The molecule has 0 unspecified atom stereocenters. The molecule has 9 heteroatoms. The highest BCUT2D eigenvalue weighted by molar-refractivity contribution is 5.95. The fourth-order valence-corrected chi connectivity index (χ4v) is 3.82. The number of methoxy groups -OCH3 is 1. The van der Waals surface area contributed by atoms with Gasteiger partial charge < -0.3 is 9.72 Å². The van der Waals surface area contributed by atoms with Crippen LogP contribution in [0.25, 0.3) is 56.1 Å². The first kappa shape index (κ1) is 19.1. The van der Waals surface area contributed by atoms with Crippen LogP contribution in [0.4, 0.5) is 4.39 Å². The van der Waals surface area contributed by atoms with E-state index in [1.54, 1.807) is 24.7 Å². The SMILES string of the molecule is COc1cc(F)cc(-c2nccc3[nH]c(-c4n[nH]c5ccc(-c6ccncc6)nc45)nc23)c1. The number of ether oxygens (including phenoxy) is 1. The fraction of sp³-hybridized carbons (Fsp3) is 0.0417. The number of halogens is 1. The molecule has 0 aliphatic rings. The van der Waals surface area contributed by atoms with Crippen molar-refractivity contribution in [1.82, 2.24) is 35.1 Å². The predicted molar refractivity (Wildman–Crippen MR) is 122 cm³/mol. The maximum atomic E-state index is 14.1. The summed E-state index contributed by atoms with van der Waals surface area (Å²) in [5.41, 5.74) is 6.27. The summed E-state index contributed by atoms with van der Waals surface area (Å²) in [5, 5.41) is 7.46. The van der Waals surface area contributed by atoms with Crippen LogP contribution in [-0.4, -0.2) is 42.2 Å². The maximum Gasteiger partial charge on any atom is 0.161 e. The molecule has 0 saturated heterocycles. The molecule has 0 fully saturated rings. The van der Waals surface area contributed by atoms with Gasteiger partial charge in [0.25, 0.3) is 0 Å². The number of H-pyrrole nitrogens is 2. The number of imidazole rings is 1. The van der Waals surface area contributed by atoms with Crippen molar-refractivity contribution in [1.29, 1.82) is 0 Å². The van der Waals surface area contributed by atoms with E-state index in [9.17, 15) is 4.39 Å². The number of hydrogen-bond acceptors (Lipinski definition) is 6. The van der Waals surface area contributed by atoms with Gasteiger partial charge in [0.1, 0.15) is 22.6 Å². The topological polar surface area (TPSA) is 105 Å². The smallest absolute Gasteiger partial charge is 0.161 e. The van der Waals surface area contributed by atoms with E-state index in [1.807, 2.05) is 30.3 Å². The third-order valence-corrected chi connectivity index (χ3v) is 5.39. The molecule has 0 saturated carbocycles. The van der Waals surface area contributed by atoms with E-state index >= 15 is 0 Å². The number of aromatic nitrogens is 7. The van der Waals surface area contributed by atoms with Gasteiger partial charge in [0.05, 0.1) is 29.5 Å². The van der Waals surface area contributed by atoms with Crippen LogP contribution in [-0.2, 0) is 0 Å². The number of nitrogens with zero attached hydrogens (tertiary/aromatic N) is 5. The molecule has 160 valence electrons. The van der Waals surface area contributed by atoms with E-state index in [4.69, 9.17) is 14.7 Å². The summed E-state index contributed by atoms with van der Waals surface area (Å²) in [6, 6.07) is 13.9. The van der Waals surface area contributed by atoms with Gasteiger partial charge in [0.2, 0.25) is 0 Å². The monoisotopic (exact) mass is 437 g/mol. The second kappa shape index (κ2) is 7.49. The second-order valence-corrected chi connectivity index (χ2v) is 7.42. The normalized spacial score (nSPS) is 11.3. The Bertz CT molecular complexity index is 1620. The molecule has 0 spiro atoms. The summed E-state index contributed by atoms with van der Waals surface area (Å²) in [5.74, 6) is 0.531. The zero-order valence-corrected chi connectivity index (χ0v) is 17.4. The van der Waals surface area contributed by atoms with Crippen molar-refractivity contribution in [2.45, 2.75) is 0 Å². The molecule has 2 N–H and O–H groups in total. The first-order chi connectivity index (χ1) is 16.2. The Morgan fingerprint density at radius 2 is 1.67 bits per heavy atom. The van der Waals surface area contributed by atoms with Crippen LogP contribution in [0, 0.1) is 5.82 Å². The van der Waals surface area contributed by atoms with Crippen LogP contribution in [0.2, 0.25) is 0 Å². The first-order valence-corrected chi connectivity index (χ1v) is 10.1. The molecule has 5 heterocycles. The summed E-state index contributed by atoms with van der Waals surface area (Å²) in [6.45, 7) is 0. The molecule has 6 aromatic rings. The standard InChI is InChI=1S/C24H16FN7O/c1-33-16-11-14(10-15(25)12-16)20-21-18(6-9-27-20)29-24(30-21)23-22-19(31-32-23)3-2-17(28-22)13-4-7-26-8-5-13/h2-12H,1H3,(H,29,30)(H,31,32). The largest absolute Gasteiger partial charge is 0.497 e. The minimum Gasteiger partial charge on any atom is -0.497 e. The van der Waals surface area contributed by atoms with Crippen molar-refractivity contribution in [3.63, 3.8) is 0 Å². The molecule has 0 aliphatic heterocycles. The number of nitrogens with one attached hydrogen (secondary N) is 2. The molecule has 8 nitrogen and oxygen atoms in total. The van der Waals surface area contributed by atoms with Gasteiger partial charge in [-0.25, -0.2) is 14.4 Å². The van der Waals surface area contributed by atoms with Gasteiger partial charge in [-0.15, -0.1) is 0 Å². The molecule has 6 rings (SSSR count). The van der Waals surface area contributed by atoms with Gasteiger partial charge >= 0.3 is 0 Å². The van der Waals surface area contributed by atoms with E-state index in [2.05, 4.69) is 25.1 Å².